The Bertz CT molecular complexity index is 1040. The predicted molar refractivity (Wildman–Crippen MR) is 117 cm³/mol. The summed E-state index contributed by atoms with van der Waals surface area (Å²) >= 11 is 0. The summed E-state index contributed by atoms with van der Waals surface area (Å²) in [5.41, 5.74) is 1.05. The number of benzene rings is 3. The van der Waals surface area contributed by atoms with Gasteiger partial charge in [0, 0.05) is 5.56 Å². The van der Waals surface area contributed by atoms with E-state index in [1.54, 1.807) is 50.2 Å². The minimum atomic E-state index is -1.35. The Morgan fingerprint density at radius 1 is 0.774 bits per heavy atom. The molecule has 0 spiro atoms. The van der Waals surface area contributed by atoms with Crippen molar-refractivity contribution in [3.05, 3.63) is 83.9 Å². The fourth-order valence-corrected chi connectivity index (χ4v) is 3.51. The Balaban J connectivity index is 2.12. The highest BCUT2D eigenvalue weighted by atomic mass is 16.6. The van der Waals surface area contributed by atoms with Gasteiger partial charge in [0.2, 0.25) is 0 Å². The number of carbonyl (C=O) groups is 3. The van der Waals surface area contributed by atoms with Crippen molar-refractivity contribution in [2.45, 2.75) is 19.9 Å². The molecular formula is C25H25NO5. The molecule has 6 nitrogen and oxygen atoms in total. The lowest BCUT2D eigenvalue weighted by Gasteiger charge is -2.27. The number of rotatable bonds is 8. The number of nitrogens with one attached hydrogen (secondary N) is 1. The second-order valence-electron chi connectivity index (χ2n) is 6.87. The molecule has 1 N–H and O–H groups in total. The summed E-state index contributed by atoms with van der Waals surface area (Å²) in [6.45, 7) is 3.53. The van der Waals surface area contributed by atoms with Crippen LogP contribution in [0.25, 0.3) is 10.8 Å². The van der Waals surface area contributed by atoms with Crippen molar-refractivity contribution >= 4 is 28.6 Å². The molecule has 160 valence electrons. The van der Waals surface area contributed by atoms with Crippen molar-refractivity contribution in [2.24, 2.45) is 5.92 Å². The summed E-state index contributed by atoms with van der Waals surface area (Å²) in [5.74, 6) is -3.24. The van der Waals surface area contributed by atoms with Gasteiger partial charge in [-0.25, -0.2) is 0 Å². The number of fused-ring (bicyclic) bond motifs is 1. The number of esters is 2. The number of hydrogen-bond donors (Lipinski definition) is 1. The van der Waals surface area contributed by atoms with E-state index in [9.17, 15) is 14.4 Å². The Kier molecular flexibility index (Phi) is 7.38. The first-order valence-electron chi connectivity index (χ1n) is 10.2. The van der Waals surface area contributed by atoms with Crippen LogP contribution in [0.4, 0.5) is 0 Å². The van der Waals surface area contributed by atoms with Crippen LogP contribution in [0.15, 0.2) is 72.8 Å². The molecule has 0 saturated carbocycles. The largest absolute Gasteiger partial charge is 0.465 e. The van der Waals surface area contributed by atoms with E-state index in [1.807, 2.05) is 36.4 Å². The molecule has 1 atom stereocenters. The van der Waals surface area contributed by atoms with Gasteiger partial charge in [0.25, 0.3) is 5.91 Å². The highest BCUT2D eigenvalue weighted by Gasteiger charge is 2.40. The molecule has 31 heavy (non-hydrogen) atoms. The molecule has 3 aromatic rings. The molecule has 0 heterocycles. The molecule has 0 bridgehead atoms. The van der Waals surface area contributed by atoms with E-state index >= 15 is 0 Å². The van der Waals surface area contributed by atoms with Gasteiger partial charge in [0.15, 0.2) is 5.92 Å². The molecule has 1 amide bonds. The number of amides is 1. The van der Waals surface area contributed by atoms with Crippen molar-refractivity contribution in [1.82, 2.24) is 5.32 Å². The first-order chi connectivity index (χ1) is 15.1. The Labute approximate surface area is 181 Å². The Hall–Kier alpha value is -3.67. The standard InChI is InChI=1S/C25H25NO5/c1-3-30-24(28)21(25(29)31-4-2)22(26-23(27)18-12-6-5-7-13-18)20-16-10-14-17-11-8-9-15-19(17)20/h5-16,21-22H,3-4H2,1-2H3,(H,26,27). The third kappa shape index (κ3) is 5.09. The number of carbonyl (C=O) groups excluding carboxylic acids is 3. The van der Waals surface area contributed by atoms with Crippen LogP contribution < -0.4 is 5.32 Å². The Morgan fingerprint density at radius 3 is 2.00 bits per heavy atom. The lowest BCUT2D eigenvalue weighted by atomic mass is 9.89. The topological polar surface area (TPSA) is 81.7 Å². The van der Waals surface area contributed by atoms with Gasteiger partial charge in [-0.2, -0.15) is 0 Å². The maximum atomic E-state index is 13.0. The molecule has 0 radical (unpaired) electrons. The second kappa shape index (κ2) is 10.4. The molecule has 1 unspecified atom stereocenters. The fourth-order valence-electron chi connectivity index (χ4n) is 3.51. The summed E-state index contributed by atoms with van der Waals surface area (Å²) in [6, 6.07) is 20.8. The molecule has 6 heteroatoms. The predicted octanol–water partition coefficient (Wildman–Crippen LogP) is 4.05. The van der Waals surface area contributed by atoms with Crippen molar-refractivity contribution in [1.29, 1.82) is 0 Å². The normalized spacial score (nSPS) is 11.7. The van der Waals surface area contributed by atoms with E-state index in [0.717, 1.165) is 10.8 Å². The van der Waals surface area contributed by atoms with Crippen LogP contribution in [0.3, 0.4) is 0 Å². The first-order valence-corrected chi connectivity index (χ1v) is 10.2. The smallest absolute Gasteiger partial charge is 0.322 e. The third-order valence-corrected chi connectivity index (χ3v) is 4.90. The second-order valence-corrected chi connectivity index (χ2v) is 6.87. The lowest BCUT2D eigenvalue weighted by Crippen LogP contribution is -2.42. The van der Waals surface area contributed by atoms with Gasteiger partial charge >= 0.3 is 11.9 Å². The van der Waals surface area contributed by atoms with Gasteiger partial charge in [-0.05, 0) is 42.3 Å². The summed E-state index contributed by atoms with van der Waals surface area (Å²) in [5, 5.41) is 4.62. The molecular weight excluding hydrogens is 394 g/mol. The van der Waals surface area contributed by atoms with Crippen LogP contribution in [0.1, 0.15) is 35.8 Å². The molecule has 0 aliphatic rings. The Morgan fingerprint density at radius 2 is 1.35 bits per heavy atom. The average molecular weight is 419 g/mol. The van der Waals surface area contributed by atoms with E-state index in [-0.39, 0.29) is 13.2 Å². The van der Waals surface area contributed by atoms with Crippen LogP contribution in [-0.4, -0.2) is 31.1 Å². The first kappa shape index (κ1) is 22.0. The zero-order chi connectivity index (χ0) is 22.2. The third-order valence-electron chi connectivity index (χ3n) is 4.90. The highest BCUT2D eigenvalue weighted by molar-refractivity contribution is 6.00. The van der Waals surface area contributed by atoms with Crippen LogP contribution in [-0.2, 0) is 19.1 Å². The minimum Gasteiger partial charge on any atom is -0.465 e. The van der Waals surface area contributed by atoms with Gasteiger partial charge in [-0.1, -0.05) is 60.7 Å². The van der Waals surface area contributed by atoms with Crippen LogP contribution in [0, 0.1) is 5.92 Å². The molecule has 0 fully saturated rings. The van der Waals surface area contributed by atoms with Crippen molar-refractivity contribution in [2.75, 3.05) is 13.2 Å². The van der Waals surface area contributed by atoms with Crippen LogP contribution in [0.5, 0.6) is 0 Å². The highest BCUT2D eigenvalue weighted by Crippen LogP contribution is 2.31. The molecule has 3 aromatic carbocycles. The summed E-state index contributed by atoms with van der Waals surface area (Å²) in [4.78, 5) is 38.7. The monoisotopic (exact) mass is 419 g/mol. The average Bonchev–Trinajstić information content (AvgIpc) is 2.79. The zero-order valence-corrected chi connectivity index (χ0v) is 17.5. The van der Waals surface area contributed by atoms with E-state index in [1.165, 1.54) is 0 Å². The van der Waals surface area contributed by atoms with Crippen LogP contribution in [0.2, 0.25) is 0 Å². The van der Waals surface area contributed by atoms with Crippen LogP contribution >= 0.6 is 0 Å². The fraction of sp³-hybridized carbons (Fsp3) is 0.240. The lowest BCUT2D eigenvalue weighted by molar-refractivity contribution is -0.163. The quantitative estimate of drug-likeness (QED) is 0.440. The molecule has 0 aromatic heterocycles. The van der Waals surface area contributed by atoms with E-state index < -0.39 is 29.8 Å². The molecule has 0 saturated heterocycles. The molecule has 3 rings (SSSR count). The maximum absolute atomic E-state index is 13.0. The maximum Gasteiger partial charge on any atom is 0.322 e. The zero-order valence-electron chi connectivity index (χ0n) is 17.5. The van der Waals surface area contributed by atoms with E-state index in [0.29, 0.717) is 11.1 Å². The van der Waals surface area contributed by atoms with Gasteiger partial charge < -0.3 is 14.8 Å². The number of hydrogen-bond acceptors (Lipinski definition) is 5. The summed E-state index contributed by atoms with van der Waals surface area (Å²) in [7, 11) is 0. The molecule has 0 aliphatic heterocycles. The van der Waals surface area contributed by atoms with E-state index in [2.05, 4.69) is 5.32 Å². The summed E-state index contributed by atoms with van der Waals surface area (Å²) in [6.07, 6.45) is 0. The van der Waals surface area contributed by atoms with Gasteiger partial charge in [0.1, 0.15) is 0 Å². The van der Waals surface area contributed by atoms with Gasteiger partial charge in [0.05, 0.1) is 19.3 Å². The van der Waals surface area contributed by atoms with Gasteiger partial charge in [-0.3, -0.25) is 14.4 Å². The summed E-state index contributed by atoms with van der Waals surface area (Å²) < 4.78 is 10.4. The van der Waals surface area contributed by atoms with Gasteiger partial charge in [-0.15, -0.1) is 0 Å². The SMILES string of the molecule is CCOC(=O)C(C(=O)OCC)C(NC(=O)c1ccccc1)c1cccc2ccccc12. The number of ether oxygens (including phenoxy) is 2. The van der Waals surface area contributed by atoms with Crippen molar-refractivity contribution < 1.29 is 23.9 Å². The minimum absolute atomic E-state index is 0.101. The van der Waals surface area contributed by atoms with E-state index in [4.69, 9.17) is 9.47 Å². The van der Waals surface area contributed by atoms with Crippen molar-refractivity contribution in [3.8, 4) is 0 Å². The molecule has 0 aliphatic carbocycles. The van der Waals surface area contributed by atoms with Crippen molar-refractivity contribution in [3.63, 3.8) is 0 Å².